The second-order valence-electron chi connectivity index (χ2n) is 7.74. The second-order valence-corrected chi connectivity index (χ2v) is 11.7. The minimum Gasteiger partial charge on any atom is -0.347 e. The van der Waals surface area contributed by atoms with E-state index >= 15 is 0 Å². The normalized spacial score (nSPS) is 13.9. The van der Waals surface area contributed by atoms with Crippen molar-refractivity contribution >= 4 is 16.2 Å². The first kappa shape index (κ1) is 21.3. The van der Waals surface area contributed by atoms with Crippen molar-refractivity contribution in [1.29, 1.82) is 0 Å². The highest BCUT2D eigenvalue weighted by Crippen LogP contribution is 2.53. The molecule has 0 fully saturated rings. The van der Waals surface area contributed by atoms with E-state index in [-0.39, 0.29) is 33.6 Å². The van der Waals surface area contributed by atoms with Crippen molar-refractivity contribution in [3.8, 4) is 11.4 Å². The van der Waals surface area contributed by atoms with Crippen LogP contribution in [0.1, 0.15) is 38.1 Å². The first-order valence-electron chi connectivity index (χ1n) is 8.77. The molecule has 1 amide bonds. The summed E-state index contributed by atoms with van der Waals surface area (Å²) in [5.41, 5.74) is 0.305. The summed E-state index contributed by atoms with van der Waals surface area (Å²) in [6, 6.07) is 5.79. The van der Waals surface area contributed by atoms with Crippen LogP contribution < -0.4 is 5.32 Å². The van der Waals surface area contributed by atoms with Gasteiger partial charge in [0.15, 0.2) is 5.82 Å². The number of hydrogen-bond donors (Lipinski definition) is 1. The fraction of sp³-hybridized carbons (Fsp3) is 0.450. The van der Waals surface area contributed by atoms with E-state index in [4.69, 9.17) is 4.18 Å². The molecule has 2 rings (SSSR count). The largest absolute Gasteiger partial charge is 0.347 e. The Kier molecular flexibility index (Phi) is 6.59. The van der Waals surface area contributed by atoms with E-state index < -0.39 is 16.1 Å². The molecule has 1 heterocycles. The minimum absolute atomic E-state index is 0.0388. The lowest BCUT2D eigenvalue weighted by Crippen LogP contribution is -2.37. The summed E-state index contributed by atoms with van der Waals surface area (Å²) < 4.78 is 20.5. The highest BCUT2D eigenvalue weighted by Gasteiger charge is 2.29. The van der Waals surface area contributed by atoms with Crippen molar-refractivity contribution < 1.29 is 13.4 Å². The molecule has 148 valence electrons. The number of carbonyl (C=O) groups is 1. The molecule has 0 unspecified atom stereocenters. The molecule has 5 nitrogen and oxygen atoms in total. The number of nitrogens with one attached hydrogen (secondary N) is 1. The van der Waals surface area contributed by atoms with E-state index in [1.54, 1.807) is 12.1 Å². The molecule has 0 spiro atoms. The summed E-state index contributed by atoms with van der Waals surface area (Å²) >= 11 is 0. The number of hydrogen-bond acceptors (Lipinski definition) is 4. The smallest absolute Gasteiger partial charge is 0.252 e. The summed E-state index contributed by atoms with van der Waals surface area (Å²) in [5.74, 6) is -0.726. The molecule has 1 aromatic heterocycles. The monoisotopic (exact) mass is 393 g/mol. The van der Waals surface area contributed by atoms with Crippen molar-refractivity contribution in [3.63, 3.8) is 0 Å². The van der Waals surface area contributed by atoms with Crippen LogP contribution in [-0.2, 0) is 4.18 Å². The van der Waals surface area contributed by atoms with E-state index in [0.717, 1.165) is 0 Å². The van der Waals surface area contributed by atoms with Gasteiger partial charge in [-0.1, -0.05) is 26.8 Å². The van der Waals surface area contributed by atoms with Crippen molar-refractivity contribution in [3.05, 3.63) is 48.0 Å². The molecular weight excluding hydrogens is 365 g/mol. The predicted molar refractivity (Wildman–Crippen MR) is 109 cm³/mol. The lowest BCUT2D eigenvalue weighted by Gasteiger charge is -2.44. The molecular formula is C20H28FN3O2S. The lowest BCUT2D eigenvalue weighted by molar-refractivity contribution is 0.0928. The topological polar surface area (TPSA) is 64.1 Å². The highest BCUT2D eigenvalue weighted by atomic mass is 32.3. The van der Waals surface area contributed by atoms with Crippen LogP contribution in [0.2, 0.25) is 0 Å². The van der Waals surface area contributed by atoms with E-state index in [1.807, 2.05) is 6.92 Å². The third-order valence-corrected chi connectivity index (χ3v) is 8.19. The van der Waals surface area contributed by atoms with Crippen LogP contribution in [0.4, 0.5) is 4.39 Å². The summed E-state index contributed by atoms with van der Waals surface area (Å²) in [6.45, 7) is 8.69. The quantitative estimate of drug-likeness (QED) is 0.799. The minimum atomic E-state index is -1.28. The molecule has 0 radical (unpaired) electrons. The Hall–Kier alpha value is -1.99. The van der Waals surface area contributed by atoms with Crippen molar-refractivity contribution in [1.82, 2.24) is 15.3 Å². The predicted octanol–water partition coefficient (Wildman–Crippen LogP) is 4.20. The summed E-state index contributed by atoms with van der Waals surface area (Å²) in [4.78, 5) is 20.9. The van der Waals surface area contributed by atoms with Gasteiger partial charge in [0.1, 0.15) is 5.82 Å². The number of halogens is 1. The molecule has 7 heteroatoms. The zero-order chi connectivity index (χ0) is 20.2. The number of amides is 1. The lowest BCUT2D eigenvalue weighted by atomic mass is 10.0. The van der Waals surface area contributed by atoms with Gasteiger partial charge in [-0.3, -0.25) is 4.79 Å². The molecule has 1 N–H and O–H groups in total. The SMILES string of the molecule is C[C@@H](COS(C)(C)C(C)(C)C)NC(=O)c1cccc(F)c1-c1ncccn1. The molecule has 0 saturated heterocycles. The summed E-state index contributed by atoms with van der Waals surface area (Å²) in [6.07, 6.45) is 7.26. The van der Waals surface area contributed by atoms with Crippen molar-refractivity contribution in [2.75, 3.05) is 19.1 Å². The third-order valence-electron chi connectivity index (χ3n) is 4.51. The van der Waals surface area contributed by atoms with Gasteiger partial charge < -0.3 is 9.50 Å². The Morgan fingerprint density at radius 2 is 1.85 bits per heavy atom. The molecule has 1 aromatic carbocycles. The maximum atomic E-state index is 14.4. The first-order chi connectivity index (χ1) is 12.5. The van der Waals surface area contributed by atoms with Gasteiger partial charge in [0.05, 0.1) is 23.8 Å². The van der Waals surface area contributed by atoms with E-state index in [2.05, 4.69) is 48.6 Å². The van der Waals surface area contributed by atoms with Crippen LogP contribution in [0.25, 0.3) is 11.4 Å². The number of benzene rings is 1. The summed E-state index contributed by atoms with van der Waals surface area (Å²) in [7, 11) is -1.28. The summed E-state index contributed by atoms with van der Waals surface area (Å²) in [5, 5.41) is 2.88. The Morgan fingerprint density at radius 1 is 1.22 bits per heavy atom. The van der Waals surface area contributed by atoms with Gasteiger partial charge in [-0.05, 0) is 37.6 Å². The highest BCUT2D eigenvalue weighted by molar-refractivity contribution is 8.29. The van der Waals surface area contributed by atoms with Crippen LogP contribution in [0.3, 0.4) is 0 Å². The number of carbonyl (C=O) groups excluding carboxylic acids is 1. The molecule has 0 aliphatic rings. The Labute approximate surface area is 162 Å². The van der Waals surface area contributed by atoms with E-state index in [9.17, 15) is 9.18 Å². The zero-order valence-corrected chi connectivity index (χ0v) is 17.6. The maximum absolute atomic E-state index is 14.4. The van der Waals surface area contributed by atoms with E-state index in [1.165, 1.54) is 24.5 Å². The third kappa shape index (κ3) is 5.26. The van der Waals surface area contributed by atoms with Gasteiger partial charge in [-0.25, -0.2) is 14.4 Å². The van der Waals surface area contributed by atoms with Crippen molar-refractivity contribution in [2.45, 2.75) is 38.5 Å². The zero-order valence-electron chi connectivity index (χ0n) is 16.7. The van der Waals surface area contributed by atoms with Crippen molar-refractivity contribution in [2.24, 2.45) is 0 Å². The van der Waals surface area contributed by atoms with Crippen LogP contribution in [0, 0.1) is 5.82 Å². The van der Waals surface area contributed by atoms with Gasteiger partial charge >= 0.3 is 0 Å². The fourth-order valence-corrected chi connectivity index (χ4v) is 3.06. The van der Waals surface area contributed by atoms with Gasteiger partial charge in [0, 0.05) is 17.1 Å². The van der Waals surface area contributed by atoms with Crippen LogP contribution in [-0.4, -0.2) is 45.8 Å². The Balaban J connectivity index is 2.14. The van der Waals surface area contributed by atoms with Gasteiger partial charge in [-0.15, -0.1) is 10.3 Å². The van der Waals surface area contributed by atoms with E-state index in [0.29, 0.717) is 6.61 Å². The number of rotatable bonds is 6. The molecule has 0 aliphatic carbocycles. The number of aromatic nitrogens is 2. The van der Waals surface area contributed by atoms with Gasteiger partial charge in [0.25, 0.3) is 5.91 Å². The van der Waals surface area contributed by atoms with Gasteiger partial charge in [-0.2, -0.15) is 0 Å². The molecule has 27 heavy (non-hydrogen) atoms. The Bertz CT molecular complexity index is 792. The average molecular weight is 394 g/mol. The van der Waals surface area contributed by atoms with Gasteiger partial charge in [0.2, 0.25) is 0 Å². The van der Waals surface area contributed by atoms with Crippen LogP contribution in [0.15, 0.2) is 36.7 Å². The number of nitrogens with zero attached hydrogens (tertiary/aromatic N) is 2. The maximum Gasteiger partial charge on any atom is 0.252 e. The van der Waals surface area contributed by atoms with Crippen LogP contribution in [0.5, 0.6) is 0 Å². The Morgan fingerprint density at radius 3 is 2.44 bits per heavy atom. The molecule has 0 aliphatic heterocycles. The standard InChI is InChI=1S/C20H28FN3O2S/c1-14(13-26-27(5,6)20(2,3)4)24-19(25)15-9-7-10-16(21)17(15)18-22-11-8-12-23-18/h7-12,14H,13H2,1-6H3,(H,24,25)/t14-/m0/s1. The average Bonchev–Trinajstić information content (AvgIpc) is 2.59. The second kappa shape index (κ2) is 8.35. The molecule has 2 aromatic rings. The van der Waals surface area contributed by atoms with Crippen LogP contribution >= 0.6 is 10.3 Å². The molecule has 0 saturated carbocycles. The fourth-order valence-electron chi connectivity index (χ4n) is 2.16. The molecule has 0 bridgehead atoms. The molecule has 1 atom stereocenters. The first-order valence-corrected chi connectivity index (χ1v) is 11.1.